The molecule has 2 fully saturated rings. The summed E-state index contributed by atoms with van der Waals surface area (Å²) in [5, 5.41) is 22.2. The van der Waals surface area contributed by atoms with Crippen molar-refractivity contribution in [3.05, 3.63) is 63.6 Å². The molecule has 0 atom stereocenters. The average Bonchev–Trinajstić information content (AvgIpc) is 3.75. The number of rotatable bonds is 5. The standard InChI is InChI=1S/C18H19N5O.C11H15N/c1-22(13-6-4-3-5-7-13)17-14(11-20)18(24)23(2)15-9-8-12(10-19)21-16(15)17;1-9-2-6-11(7-3-9)12-8-10-4-5-10/h8-9,13H,3-7H2,1-2H3;2-3,6-7,10,12H,4-5,8H2,1H3. The van der Waals surface area contributed by atoms with Crippen LogP contribution in [0.4, 0.5) is 11.4 Å². The number of nitrogens with one attached hydrogen (secondary N) is 1. The number of nitriles is 2. The molecule has 5 rings (SSSR count). The van der Waals surface area contributed by atoms with Gasteiger partial charge in [-0.1, -0.05) is 37.0 Å². The van der Waals surface area contributed by atoms with Gasteiger partial charge in [-0.05, 0) is 62.8 Å². The molecule has 1 aromatic carbocycles. The van der Waals surface area contributed by atoms with Crippen LogP contribution in [0.15, 0.2) is 41.2 Å². The molecule has 36 heavy (non-hydrogen) atoms. The Morgan fingerprint density at radius 2 is 1.72 bits per heavy atom. The van der Waals surface area contributed by atoms with E-state index in [-0.39, 0.29) is 22.9 Å². The Morgan fingerprint density at radius 1 is 1.03 bits per heavy atom. The van der Waals surface area contributed by atoms with Gasteiger partial charge >= 0.3 is 0 Å². The van der Waals surface area contributed by atoms with E-state index in [9.17, 15) is 10.1 Å². The molecular weight excluding hydrogens is 448 g/mol. The van der Waals surface area contributed by atoms with Gasteiger partial charge in [-0.2, -0.15) is 10.5 Å². The van der Waals surface area contributed by atoms with Gasteiger partial charge in [0.25, 0.3) is 5.56 Å². The van der Waals surface area contributed by atoms with Gasteiger partial charge in [-0.15, -0.1) is 0 Å². The summed E-state index contributed by atoms with van der Waals surface area (Å²) in [4.78, 5) is 19.0. The third-order valence-corrected chi connectivity index (χ3v) is 7.26. The lowest BCUT2D eigenvalue weighted by molar-refractivity contribution is 0.428. The van der Waals surface area contributed by atoms with Crippen molar-refractivity contribution in [2.75, 3.05) is 23.8 Å². The Kier molecular flexibility index (Phi) is 7.90. The van der Waals surface area contributed by atoms with Crippen LogP contribution in [-0.2, 0) is 7.05 Å². The summed E-state index contributed by atoms with van der Waals surface area (Å²) in [5.41, 5.74) is 4.37. The Bertz CT molecular complexity index is 1350. The first-order chi connectivity index (χ1) is 17.4. The van der Waals surface area contributed by atoms with Crippen LogP contribution in [-0.4, -0.2) is 29.2 Å². The van der Waals surface area contributed by atoms with E-state index >= 15 is 0 Å². The lowest BCUT2D eigenvalue weighted by atomic mass is 9.93. The van der Waals surface area contributed by atoms with Crippen molar-refractivity contribution in [3.8, 4) is 12.1 Å². The van der Waals surface area contributed by atoms with Crippen molar-refractivity contribution in [1.29, 1.82) is 10.5 Å². The largest absolute Gasteiger partial charge is 0.385 e. The van der Waals surface area contributed by atoms with Crippen molar-refractivity contribution in [2.45, 2.75) is 57.9 Å². The quantitative estimate of drug-likeness (QED) is 0.532. The Balaban J connectivity index is 0.000000211. The highest BCUT2D eigenvalue weighted by atomic mass is 16.1. The van der Waals surface area contributed by atoms with Crippen molar-refractivity contribution in [1.82, 2.24) is 9.55 Å². The average molecular weight is 483 g/mol. The molecule has 0 amide bonds. The normalized spacial score (nSPS) is 15.4. The van der Waals surface area contributed by atoms with Gasteiger partial charge in [-0.3, -0.25) is 4.79 Å². The first kappa shape index (κ1) is 25.3. The van der Waals surface area contributed by atoms with Crippen LogP contribution < -0.4 is 15.8 Å². The van der Waals surface area contributed by atoms with Gasteiger partial charge in [0.1, 0.15) is 28.9 Å². The number of pyridine rings is 2. The molecule has 1 N–H and O–H groups in total. The summed E-state index contributed by atoms with van der Waals surface area (Å²) >= 11 is 0. The van der Waals surface area contributed by atoms with E-state index in [1.54, 1.807) is 19.2 Å². The minimum absolute atomic E-state index is 0.0978. The summed E-state index contributed by atoms with van der Waals surface area (Å²) in [6.45, 7) is 3.27. The number of aromatic nitrogens is 2. The van der Waals surface area contributed by atoms with Crippen LogP contribution in [0.5, 0.6) is 0 Å². The molecular formula is C29H34N6O. The number of aryl methyl sites for hydroxylation is 2. The van der Waals surface area contributed by atoms with Crippen LogP contribution in [0, 0.1) is 35.5 Å². The Hall–Kier alpha value is -3.84. The summed E-state index contributed by atoms with van der Waals surface area (Å²) in [6.07, 6.45) is 8.43. The van der Waals surface area contributed by atoms with E-state index < -0.39 is 0 Å². The van der Waals surface area contributed by atoms with E-state index in [0.717, 1.165) is 38.1 Å². The highest BCUT2D eigenvalue weighted by Gasteiger charge is 2.26. The molecule has 0 radical (unpaired) electrons. The van der Waals surface area contributed by atoms with Crippen LogP contribution in [0.1, 0.15) is 61.8 Å². The monoisotopic (exact) mass is 482 g/mol. The van der Waals surface area contributed by atoms with E-state index in [1.807, 2.05) is 18.0 Å². The third kappa shape index (κ3) is 5.69. The van der Waals surface area contributed by atoms with E-state index in [4.69, 9.17) is 5.26 Å². The highest BCUT2D eigenvalue weighted by Crippen LogP contribution is 2.32. The fourth-order valence-electron chi connectivity index (χ4n) is 4.81. The molecule has 2 aliphatic carbocycles. The van der Waals surface area contributed by atoms with Crippen LogP contribution in [0.2, 0.25) is 0 Å². The second-order valence-electron chi connectivity index (χ2n) is 9.97. The molecule has 2 aliphatic rings. The maximum Gasteiger partial charge on any atom is 0.270 e. The van der Waals surface area contributed by atoms with Gasteiger partial charge in [-0.25, -0.2) is 4.98 Å². The molecule has 2 saturated carbocycles. The Morgan fingerprint density at radius 3 is 2.33 bits per heavy atom. The second-order valence-corrected chi connectivity index (χ2v) is 9.97. The molecule has 0 bridgehead atoms. The van der Waals surface area contributed by atoms with Gasteiger partial charge in [0, 0.05) is 32.4 Å². The van der Waals surface area contributed by atoms with Crippen molar-refractivity contribution >= 4 is 22.4 Å². The predicted molar refractivity (Wildman–Crippen MR) is 144 cm³/mol. The maximum atomic E-state index is 12.6. The summed E-state index contributed by atoms with van der Waals surface area (Å²) in [5.74, 6) is 0.950. The highest BCUT2D eigenvalue weighted by molar-refractivity contribution is 5.92. The van der Waals surface area contributed by atoms with E-state index in [1.165, 1.54) is 35.1 Å². The zero-order valence-corrected chi connectivity index (χ0v) is 21.4. The SMILES string of the molecule is CN(c1c(C#N)c(=O)n(C)c2ccc(C#N)nc12)C1CCCCC1.Cc1ccc(NCC2CC2)cc1. The molecule has 0 unspecified atom stereocenters. The first-order valence-electron chi connectivity index (χ1n) is 12.8. The summed E-state index contributed by atoms with van der Waals surface area (Å²) < 4.78 is 1.43. The summed E-state index contributed by atoms with van der Waals surface area (Å²) in [6, 6.07) is 16.3. The van der Waals surface area contributed by atoms with Gasteiger partial charge in [0.15, 0.2) is 0 Å². The number of hydrogen-bond donors (Lipinski definition) is 1. The van der Waals surface area contributed by atoms with E-state index in [0.29, 0.717) is 16.7 Å². The molecule has 7 heteroatoms. The van der Waals surface area contributed by atoms with Gasteiger partial charge < -0.3 is 14.8 Å². The summed E-state index contributed by atoms with van der Waals surface area (Å²) in [7, 11) is 3.55. The maximum absolute atomic E-state index is 12.6. The number of nitrogens with zero attached hydrogens (tertiary/aromatic N) is 5. The van der Waals surface area contributed by atoms with Crippen molar-refractivity contribution < 1.29 is 0 Å². The van der Waals surface area contributed by atoms with Gasteiger partial charge in [0.05, 0.1) is 11.2 Å². The predicted octanol–water partition coefficient (Wildman–Crippen LogP) is 5.26. The number of anilines is 2. The smallest absolute Gasteiger partial charge is 0.270 e. The zero-order chi connectivity index (χ0) is 25.7. The van der Waals surface area contributed by atoms with Crippen LogP contribution >= 0.6 is 0 Å². The number of benzene rings is 1. The number of hydrogen-bond acceptors (Lipinski definition) is 6. The molecule has 3 aromatic rings. The molecule has 2 aromatic heterocycles. The lowest BCUT2D eigenvalue weighted by Crippen LogP contribution is -2.36. The molecule has 186 valence electrons. The van der Waals surface area contributed by atoms with Crippen LogP contribution in [0.25, 0.3) is 11.0 Å². The van der Waals surface area contributed by atoms with Crippen molar-refractivity contribution in [2.24, 2.45) is 13.0 Å². The topological polar surface area (TPSA) is 97.7 Å². The first-order valence-corrected chi connectivity index (χ1v) is 12.8. The molecule has 7 nitrogen and oxygen atoms in total. The molecule has 0 saturated heterocycles. The molecule has 0 aliphatic heterocycles. The minimum Gasteiger partial charge on any atom is -0.385 e. The second kappa shape index (κ2) is 11.3. The zero-order valence-electron chi connectivity index (χ0n) is 21.4. The fraction of sp³-hybridized carbons (Fsp3) is 0.448. The Labute approximate surface area is 213 Å². The molecule has 2 heterocycles. The minimum atomic E-state index is -0.325. The third-order valence-electron chi connectivity index (χ3n) is 7.26. The molecule has 0 spiro atoms. The fourth-order valence-corrected chi connectivity index (χ4v) is 4.81. The van der Waals surface area contributed by atoms with E-state index in [2.05, 4.69) is 47.6 Å². The van der Waals surface area contributed by atoms with Crippen LogP contribution in [0.3, 0.4) is 0 Å². The lowest BCUT2D eigenvalue weighted by Gasteiger charge is -2.33. The van der Waals surface area contributed by atoms with Gasteiger partial charge in [0.2, 0.25) is 0 Å². The number of fused-ring (bicyclic) bond motifs is 1. The van der Waals surface area contributed by atoms with Crippen molar-refractivity contribution in [3.63, 3.8) is 0 Å².